The number of hydrogen-bond donors (Lipinski definition) is 1. The maximum atomic E-state index is 13.6. The number of benzene rings is 2. The minimum atomic E-state index is -0.643. The summed E-state index contributed by atoms with van der Waals surface area (Å²) in [5.74, 6) is -0.351. The van der Waals surface area contributed by atoms with Crippen LogP contribution in [0.1, 0.15) is 46.5 Å². The summed E-state index contributed by atoms with van der Waals surface area (Å²) in [6, 6.07) is 10.1. The molecule has 0 radical (unpaired) electrons. The van der Waals surface area contributed by atoms with Crippen LogP contribution in [0.15, 0.2) is 53.5 Å². The van der Waals surface area contributed by atoms with E-state index < -0.39 is 22.7 Å². The summed E-state index contributed by atoms with van der Waals surface area (Å²) < 4.78 is 25.2. The van der Waals surface area contributed by atoms with Gasteiger partial charge in [0, 0.05) is 35.6 Å². The number of nitrogens with zero attached hydrogens (tertiary/aromatic N) is 1. The highest BCUT2D eigenvalue weighted by Gasteiger charge is 2.36. The number of fused-ring (bicyclic) bond motifs is 1. The highest BCUT2D eigenvalue weighted by Crippen LogP contribution is 2.36. The van der Waals surface area contributed by atoms with E-state index >= 15 is 0 Å². The predicted octanol–water partition coefficient (Wildman–Crippen LogP) is 4.40. The van der Waals surface area contributed by atoms with Gasteiger partial charge in [0.2, 0.25) is 0 Å². The first-order valence-corrected chi connectivity index (χ1v) is 10.7. The molecule has 2 aromatic carbocycles. The molecular formula is C26H25FN2O5. The Morgan fingerprint density at radius 3 is 2.32 bits per heavy atom. The number of carbonyl (C=O) groups excluding carboxylic acids is 2. The van der Waals surface area contributed by atoms with Crippen molar-refractivity contribution in [1.82, 2.24) is 4.57 Å². The van der Waals surface area contributed by atoms with E-state index in [9.17, 15) is 18.8 Å². The molecule has 7 nitrogen and oxygen atoms in total. The largest absolute Gasteiger partial charge is 0.493 e. The maximum Gasteiger partial charge on any atom is 0.268 e. The van der Waals surface area contributed by atoms with Crippen molar-refractivity contribution in [1.29, 1.82) is 0 Å². The molecule has 34 heavy (non-hydrogen) atoms. The van der Waals surface area contributed by atoms with Crippen LogP contribution in [0.2, 0.25) is 0 Å². The van der Waals surface area contributed by atoms with Gasteiger partial charge < -0.3 is 14.8 Å². The number of methoxy groups -OCH3 is 2. The van der Waals surface area contributed by atoms with Gasteiger partial charge in [-0.1, -0.05) is 13.8 Å². The lowest BCUT2D eigenvalue weighted by Gasteiger charge is -2.31. The number of carbonyl (C=O) groups is 2. The Kier molecular flexibility index (Phi) is 6.00. The van der Waals surface area contributed by atoms with E-state index in [0.717, 1.165) is 0 Å². The number of Topliss-reactive ketones (excluding diaryl/α,β-unsaturated/α-hetero) is 1. The van der Waals surface area contributed by atoms with E-state index in [2.05, 4.69) is 5.32 Å². The first-order chi connectivity index (χ1) is 16.1. The average molecular weight is 464 g/mol. The average Bonchev–Trinajstić information content (AvgIpc) is 2.78. The lowest BCUT2D eigenvalue weighted by atomic mass is 9.73. The Morgan fingerprint density at radius 1 is 1.00 bits per heavy atom. The zero-order valence-corrected chi connectivity index (χ0v) is 19.4. The number of anilines is 1. The smallest absolute Gasteiger partial charge is 0.268 e. The van der Waals surface area contributed by atoms with E-state index in [4.69, 9.17) is 9.47 Å². The van der Waals surface area contributed by atoms with Crippen LogP contribution in [-0.2, 0) is 6.42 Å². The summed E-state index contributed by atoms with van der Waals surface area (Å²) >= 11 is 0. The van der Waals surface area contributed by atoms with Crippen molar-refractivity contribution in [3.63, 3.8) is 0 Å². The third-order valence-corrected chi connectivity index (χ3v) is 5.89. The lowest BCUT2D eigenvalue weighted by Crippen LogP contribution is -2.37. The molecule has 1 aliphatic carbocycles. The minimum Gasteiger partial charge on any atom is -0.493 e. The predicted molar refractivity (Wildman–Crippen MR) is 126 cm³/mol. The molecule has 0 fully saturated rings. The number of nitrogens with one attached hydrogen (secondary N) is 1. The molecule has 1 aromatic heterocycles. The molecule has 1 aliphatic rings. The number of hydrogen-bond acceptors (Lipinski definition) is 5. The van der Waals surface area contributed by atoms with Crippen molar-refractivity contribution in [2.75, 3.05) is 19.5 Å². The highest BCUT2D eigenvalue weighted by molar-refractivity contribution is 6.08. The van der Waals surface area contributed by atoms with Crippen molar-refractivity contribution in [2.45, 2.75) is 26.7 Å². The van der Waals surface area contributed by atoms with Crippen molar-refractivity contribution >= 4 is 17.4 Å². The fourth-order valence-electron chi connectivity index (χ4n) is 4.28. The second-order valence-electron chi connectivity index (χ2n) is 9.01. The van der Waals surface area contributed by atoms with E-state index in [1.54, 1.807) is 18.2 Å². The van der Waals surface area contributed by atoms with Crippen LogP contribution in [0.5, 0.6) is 11.5 Å². The monoisotopic (exact) mass is 464 g/mol. The van der Waals surface area contributed by atoms with Gasteiger partial charge in [0.15, 0.2) is 17.3 Å². The van der Waals surface area contributed by atoms with Gasteiger partial charge in [0.05, 0.1) is 14.2 Å². The molecule has 0 bridgehead atoms. The molecule has 0 spiro atoms. The number of amides is 1. The van der Waals surface area contributed by atoms with Crippen molar-refractivity contribution in [2.24, 2.45) is 5.41 Å². The zero-order valence-electron chi connectivity index (χ0n) is 19.4. The third kappa shape index (κ3) is 4.31. The summed E-state index contributed by atoms with van der Waals surface area (Å²) in [5, 5.41) is 2.75. The Balaban J connectivity index is 1.86. The molecule has 8 heteroatoms. The van der Waals surface area contributed by atoms with Crippen LogP contribution in [-0.4, -0.2) is 30.5 Å². The molecule has 4 rings (SSSR count). The molecule has 1 N–H and O–H groups in total. The molecule has 0 saturated heterocycles. The van der Waals surface area contributed by atoms with Gasteiger partial charge in [-0.15, -0.1) is 0 Å². The standard InChI is InChI=1S/C26H25FN2O5/c1-26(2)12-18-19(20(30)13-26)14-29(17-8-5-15(27)6-9-17)25(32)23(18)24(31)28-16-7-10-21(33-3)22(11-16)34-4/h5-11,14H,12-13H2,1-4H3,(H,28,31). The van der Waals surface area contributed by atoms with Gasteiger partial charge in [-0.2, -0.15) is 0 Å². The van der Waals surface area contributed by atoms with Crippen molar-refractivity contribution < 1.29 is 23.5 Å². The number of pyridine rings is 1. The highest BCUT2D eigenvalue weighted by atomic mass is 19.1. The molecule has 176 valence electrons. The zero-order chi connectivity index (χ0) is 24.6. The summed E-state index contributed by atoms with van der Waals surface area (Å²) in [5.41, 5.74) is 0.382. The Labute approximate surface area is 196 Å². The summed E-state index contributed by atoms with van der Waals surface area (Å²) in [6.07, 6.45) is 2.14. The molecule has 1 amide bonds. The number of ether oxygens (including phenoxy) is 2. The van der Waals surface area contributed by atoms with Gasteiger partial charge in [0.1, 0.15) is 11.4 Å². The molecule has 0 aliphatic heterocycles. The van der Waals surface area contributed by atoms with Crippen LogP contribution < -0.4 is 20.3 Å². The number of rotatable bonds is 5. The van der Waals surface area contributed by atoms with Gasteiger partial charge >= 0.3 is 0 Å². The maximum absolute atomic E-state index is 13.6. The Bertz CT molecular complexity index is 1340. The van der Waals surface area contributed by atoms with E-state index in [-0.39, 0.29) is 11.3 Å². The van der Waals surface area contributed by atoms with Gasteiger partial charge in [-0.05, 0) is 53.8 Å². The number of ketones is 1. The second kappa shape index (κ2) is 8.78. The van der Waals surface area contributed by atoms with E-state index in [0.29, 0.717) is 46.8 Å². The molecule has 0 saturated carbocycles. The fraction of sp³-hybridized carbons (Fsp3) is 0.269. The molecule has 0 unspecified atom stereocenters. The van der Waals surface area contributed by atoms with Crippen LogP contribution in [0.4, 0.5) is 10.1 Å². The van der Waals surface area contributed by atoms with Crippen LogP contribution in [0.25, 0.3) is 5.69 Å². The second-order valence-corrected chi connectivity index (χ2v) is 9.01. The fourth-order valence-corrected chi connectivity index (χ4v) is 4.28. The number of halogens is 1. The van der Waals surface area contributed by atoms with Crippen molar-refractivity contribution in [3.05, 3.63) is 81.5 Å². The molecule has 3 aromatic rings. The van der Waals surface area contributed by atoms with Crippen LogP contribution in [0, 0.1) is 11.2 Å². The summed E-state index contributed by atoms with van der Waals surface area (Å²) in [6.45, 7) is 3.85. The first-order valence-electron chi connectivity index (χ1n) is 10.7. The summed E-state index contributed by atoms with van der Waals surface area (Å²) in [7, 11) is 2.98. The van der Waals surface area contributed by atoms with Crippen molar-refractivity contribution in [3.8, 4) is 17.2 Å². The van der Waals surface area contributed by atoms with E-state index in [1.165, 1.54) is 49.2 Å². The van der Waals surface area contributed by atoms with E-state index in [1.807, 2.05) is 13.8 Å². The Hall–Kier alpha value is -3.94. The Morgan fingerprint density at radius 2 is 1.68 bits per heavy atom. The number of aromatic nitrogens is 1. The van der Waals surface area contributed by atoms with Gasteiger partial charge in [0.25, 0.3) is 11.5 Å². The molecule has 1 heterocycles. The van der Waals surface area contributed by atoms with Gasteiger partial charge in [-0.25, -0.2) is 4.39 Å². The first kappa shape index (κ1) is 23.2. The molecule has 0 atom stereocenters. The normalized spacial score (nSPS) is 14.3. The van der Waals surface area contributed by atoms with Crippen LogP contribution >= 0.6 is 0 Å². The minimum absolute atomic E-state index is 0.113. The lowest BCUT2D eigenvalue weighted by molar-refractivity contribution is 0.0910. The quantitative estimate of drug-likeness (QED) is 0.605. The topological polar surface area (TPSA) is 86.6 Å². The summed E-state index contributed by atoms with van der Waals surface area (Å²) in [4.78, 5) is 40.0. The third-order valence-electron chi connectivity index (χ3n) is 5.89. The SMILES string of the molecule is COc1ccc(NC(=O)c2c3c(cn(-c4ccc(F)cc4)c2=O)C(=O)CC(C)(C)C3)cc1OC. The van der Waals surface area contributed by atoms with Crippen LogP contribution in [0.3, 0.4) is 0 Å². The molecular weight excluding hydrogens is 439 g/mol. The van der Waals surface area contributed by atoms with Gasteiger partial charge in [-0.3, -0.25) is 19.0 Å².